The molecule has 0 fully saturated rings. The molecule has 0 spiro atoms. The number of carbonyl (C=O) groups is 1. The molecule has 0 unspecified atom stereocenters. The molecule has 0 saturated carbocycles. The van der Waals surface area contributed by atoms with Gasteiger partial charge in [0, 0.05) is 13.0 Å². The van der Waals surface area contributed by atoms with Crippen LogP contribution in [0.15, 0.2) is 33.7 Å². The zero-order chi connectivity index (χ0) is 11.5. The number of amides is 1. The number of nitrogens with zero attached hydrogens (tertiary/aromatic N) is 1. The van der Waals surface area contributed by atoms with Crippen LogP contribution in [0.2, 0.25) is 0 Å². The summed E-state index contributed by atoms with van der Waals surface area (Å²) < 4.78 is 5.11. The standard InChI is InChI=1S/C10H9N3O3/c1-6(14)11-10-12-7(5-9(15)13-10)8-3-2-4-16-8/h2-5H,1H3,(H2,11,12,13,14,15). The van der Waals surface area contributed by atoms with Gasteiger partial charge in [0.2, 0.25) is 11.9 Å². The average Bonchev–Trinajstić information content (AvgIpc) is 2.67. The molecule has 0 radical (unpaired) electrons. The Balaban J connectivity index is 2.44. The Morgan fingerprint density at radius 1 is 1.56 bits per heavy atom. The third-order valence-corrected chi connectivity index (χ3v) is 1.81. The van der Waals surface area contributed by atoms with Crippen LogP contribution in [-0.2, 0) is 4.79 Å². The molecule has 0 atom stereocenters. The molecule has 0 aliphatic rings. The number of hydrogen-bond acceptors (Lipinski definition) is 4. The predicted molar refractivity (Wildman–Crippen MR) is 56.9 cm³/mol. The molecule has 6 heteroatoms. The molecule has 0 saturated heterocycles. The summed E-state index contributed by atoms with van der Waals surface area (Å²) in [4.78, 5) is 28.6. The molecular formula is C10H9N3O3. The number of anilines is 1. The highest BCUT2D eigenvalue weighted by atomic mass is 16.3. The van der Waals surface area contributed by atoms with E-state index in [2.05, 4.69) is 15.3 Å². The van der Waals surface area contributed by atoms with Crippen molar-refractivity contribution >= 4 is 11.9 Å². The fraction of sp³-hybridized carbons (Fsp3) is 0.100. The minimum Gasteiger partial charge on any atom is -0.463 e. The topological polar surface area (TPSA) is 88.0 Å². The van der Waals surface area contributed by atoms with Crippen LogP contribution in [0.3, 0.4) is 0 Å². The van der Waals surface area contributed by atoms with Crippen molar-refractivity contribution in [1.82, 2.24) is 9.97 Å². The molecule has 2 aromatic heterocycles. The molecule has 2 heterocycles. The smallest absolute Gasteiger partial charge is 0.252 e. The maximum Gasteiger partial charge on any atom is 0.252 e. The Kier molecular flexibility index (Phi) is 2.55. The Hall–Kier alpha value is -2.37. The lowest BCUT2D eigenvalue weighted by molar-refractivity contribution is -0.114. The molecule has 0 aliphatic carbocycles. The van der Waals surface area contributed by atoms with Crippen molar-refractivity contribution in [2.45, 2.75) is 6.92 Å². The normalized spacial score (nSPS) is 10.1. The summed E-state index contributed by atoms with van der Waals surface area (Å²) in [5.74, 6) is 0.267. The highest BCUT2D eigenvalue weighted by molar-refractivity contribution is 5.86. The van der Waals surface area contributed by atoms with E-state index in [1.807, 2.05) is 0 Å². The molecule has 2 aromatic rings. The van der Waals surface area contributed by atoms with Gasteiger partial charge in [-0.05, 0) is 12.1 Å². The average molecular weight is 219 g/mol. The van der Waals surface area contributed by atoms with Crippen molar-refractivity contribution in [3.63, 3.8) is 0 Å². The molecule has 82 valence electrons. The van der Waals surface area contributed by atoms with Gasteiger partial charge in [0.1, 0.15) is 5.69 Å². The first-order valence-corrected chi connectivity index (χ1v) is 4.58. The van der Waals surface area contributed by atoms with Crippen molar-refractivity contribution in [2.24, 2.45) is 0 Å². The van der Waals surface area contributed by atoms with Gasteiger partial charge in [0.15, 0.2) is 5.76 Å². The lowest BCUT2D eigenvalue weighted by Crippen LogP contribution is -2.15. The van der Waals surface area contributed by atoms with Gasteiger partial charge in [-0.25, -0.2) is 4.98 Å². The first-order valence-electron chi connectivity index (χ1n) is 4.58. The fourth-order valence-corrected chi connectivity index (χ4v) is 1.23. The van der Waals surface area contributed by atoms with Gasteiger partial charge in [-0.1, -0.05) is 0 Å². The van der Waals surface area contributed by atoms with Crippen molar-refractivity contribution in [3.8, 4) is 11.5 Å². The minimum absolute atomic E-state index is 0.103. The lowest BCUT2D eigenvalue weighted by Gasteiger charge is -2.01. The highest BCUT2D eigenvalue weighted by Gasteiger charge is 2.06. The van der Waals surface area contributed by atoms with Gasteiger partial charge in [0.05, 0.1) is 6.26 Å². The summed E-state index contributed by atoms with van der Waals surface area (Å²) in [6.45, 7) is 1.33. The molecule has 6 nitrogen and oxygen atoms in total. The number of carbonyl (C=O) groups excluding carboxylic acids is 1. The van der Waals surface area contributed by atoms with Crippen LogP contribution in [0.5, 0.6) is 0 Å². The van der Waals surface area contributed by atoms with Gasteiger partial charge in [-0.15, -0.1) is 0 Å². The SMILES string of the molecule is CC(=O)Nc1nc(-c2ccco2)cc(=O)[nH]1. The van der Waals surface area contributed by atoms with Crippen molar-refractivity contribution in [2.75, 3.05) is 5.32 Å². The minimum atomic E-state index is -0.356. The van der Waals surface area contributed by atoms with E-state index in [1.165, 1.54) is 19.3 Å². The monoisotopic (exact) mass is 219 g/mol. The molecule has 16 heavy (non-hydrogen) atoms. The first kappa shape index (κ1) is 10.2. The number of hydrogen-bond donors (Lipinski definition) is 2. The maximum absolute atomic E-state index is 11.3. The van der Waals surface area contributed by atoms with Gasteiger partial charge in [0.25, 0.3) is 5.56 Å². The van der Waals surface area contributed by atoms with E-state index in [9.17, 15) is 9.59 Å². The summed E-state index contributed by atoms with van der Waals surface area (Å²) in [6.07, 6.45) is 1.48. The Morgan fingerprint density at radius 2 is 2.38 bits per heavy atom. The lowest BCUT2D eigenvalue weighted by atomic mass is 10.3. The van der Waals surface area contributed by atoms with Gasteiger partial charge in [-0.2, -0.15) is 0 Å². The number of furan rings is 1. The summed E-state index contributed by atoms with van der Waals surface area (Å²) in [5, 5.41) is 2.40. The molecule has 0 bridgehead atoms. The van der Waals surface area contributed by atoms with Crippen LogP contribution in [0.1, 0.15) is 6.92 Å². The Labute approximate surface area is 90.3 Å². The predicted octanol–water partition coefficient (Wildman–Crippen LogP) is 0.988. The van der Waals surface area contributed by atoms with E-state index in [0.29, 0.717) is 11.5 Å². The fourth-order valence-electron chi connectivity index (χ4n) is 1.23. The number of H-pyrrole nitrogens is 1. The summed E-state index contributed by atoms with van der Waals surface area (Å²) in [7, 11) is 0. The highest BCUT2D eigenvalue weighted by Crippen LogP contribution is 2.16. The molecule has 2 rings (SSSR count). The largest absolute Gasteiger partial charge is 0.463 e. The van der Waals surface area contributed by atoms with Crippen LogP contribution < -0.4 is 10.9 Å². The van der Waals surface area contributed by atoms with Crippen LogP contribution in [0.25, 0.3) is 11.5 Å². The second kappa shape index (κ2) is 4.01. The van der Waals surface area contributed by atoms with Crippen LogP contribution >= 0.6 is 0 Å². The Bertz CT molecular complexity index is 557. The Morgan fingerprint density at radius 3 is 3.00 bits per heavy atom. The second-order valence-electron chi connectivity index (χ2n) is 3.14. The van der Waals surface area contributed by atoms with E-state index in [1.54, 1.807) is 12.1 Å². The number of rotatable bonds is 2. The molecule has 0 aromatic carbocycles. The summed E-state index contributed by atoms with van der Waals surface area (Å²) in [6, 6.07) is 4.67. The summed E-state index contributed by atoms with van der Waals surface area (Å²) >= 11 is 0. The van der Waals surface area contributed by atoms with Crippen LogP contribution in [-0.4, -0.2) is 15.9 Å². The maximum atomic E-state index is 11.3. The third-order valence-electron chi connectivity index (χ3n) is 1.81. The van der Waals surface area contributed by atoms with Crippen molar-refractivity contribution in [1.29, 1.82) is 0 Å². The third kappa shape index (κ3) is 2.17. The van der Waals surface area contributed by atoms with Gasteiger partial charge in [-0.3, -0.25) is 19.9 Å². The van der Waals surface area contributed by atoms with E-state index in [0.717, 1.165) is 0 Å². The molecule has 1 amide bonds. The molecule has 0 aliphatic heterocycles. The van der Waals surface area contributed by atoms with Gasteiger partial charge < -0.3 is 4.42 Å². The van der Waals surface area contributed by atoms with Crippen LogP contribution in [0, 0.1) is 0 Å². The number of aromatic nitrogens is 2. The van der Waals surface area contributed by atoms with Crippen LogP contribution in [0.4, 0.5) is 5.95 Å². The van der Waals surface area contributed by atoms with E-state index in [4.69, 9.17) is 4.42 Å². The number of aromatic amines is 1. The first-order chi connectivity index (χ1) is 7.65. The van der Waals surface area contributed by atoms with Gasteiger partial charge >= 0.3 is 0 Å². The van der Waals surface area contributed by atoms with E-state index in [-0.39, 0.29) is 17.4 Å². The second-order valence-corrected chi connectivity index (χ2v) is 3.14. The number of nitrogens with one attached hydrogen (secondary N) is 2. The van der Waals surface area contributed by atoms with Crippen molar-refractivity contribution < 1.29 is 9.21 Å². The van der Waals surface area contributed by atoms with Crippen molar-refractivity contribution in [3.05, 3.63) is 34.8 Å². The van der Waals surface area contributed by atoms with E-state index >= 15 is 0 Å². The molecule has 2 N–H and O–H groups in total. The molecular weight excluding hydrogens is 210 g/mol. The zero-order valence-electron chi connectivity index (χ0n) is 8.48. The van der Waals surface area contributed by atoms with E-state index < -0.39 is 0 Å². The quantitative estimate of drug-likeness (QED) is 0.788. The summed E-state index contributed by atoms with van der Waals surface area (Å²) in [5.41, 5.74) is 0.0163. The zero-order valence-corrected chi connectivity index (χ0v) is 8.48.